The maximum absolute atomic E-state index is 13.7. The minimum absolute atomic E-state index is 0.150. The van der Waals surface area contributed by atoms with Gasteiger partial charge in [0.2, 0.25) is 0 Å². The molecule has 3 heterocycles. The van der Waals surface area contributed by atoms with Gasteiger partial charge in [-0.3, -0.25) is 4.79 Å². The van der Waals surface area contributed by atoms with E-state index in [9.17, 15) is 14.0 Å². The second-order valence-corrected chi connectivity index (χ2v) is 6.74. The predicted octanol–water partition coefficient (Wildman–Crippen LogP) is 2.58. The molecule has 0 unspecified atom stereocenters. The van der Waals surface area contributed by atoms with Crippen LogP contribution in [0.25, 0.3) is 5.65 Å². The van der Waals surface area contributed by atoms with Crippen molar-refractivity contribution in [1.82, 2.24) is 19.1 Å². The van der Waals surface area contributed by atoms with Gasteiger partial charge in [-0.25, -0.2) is 9.18 Å². The molecule has 2 amide bonds. The quantitative estimate of drug-likeness (QED) is 0.755. The zero-order chi connectivity index (χ0) is 19.0. The first-order valence-electron chi connectivity index (χ1n) is 8.89. The van der Waals surface area contributed by atoms with Crippen molar-refractivity contribution in [2.45, 2.75) is 18.8 Å². The van der Waals surface area contributed by atoms with Crippen LogP contribution >= 0.6 is 0 Å². The van der Waals surface area contributed by atoms with Crippen molar-refractivity contribution in [2.24, 2.45) is 7.05 Å². The highest BCUT2D eigenvalue weighted by atomic mass is 19.1. The largest absolute Gasteiger partial charge is 0.333 e. The van der Waals surface area contributed by atoms with Gasteiger partial charge in [-0.15, -0.1) is 0 Å². The lowest BCUT2D eigenvalue weighted by Crippen LogP contribution is -2.41. The van der Waals surface area contributed by atoms with E-state index in [0.29, 0.717) is 13.1 Å². The van der Waals surface area contributed by atoms with Crippen molar-refractivity contribution in [3.63, 3.8) is 0 Å². The molecular weight excluding hydrogens is 349 g/mol. The SMILES string of the molecule is Cn1c(C2CCN(C(=O)Nc3ccccc3F)CC2)cc(=O)n2nccc12. The van der Waals surface area contributed by atoms with E-state index in [1.165, 1.54) is 16.6 Å². The Morgan fingerprint density at radius 1 is 1.22 bits per heavy atom. The van der Waals surface area contributed by atoms with E-state index in [1.807, 2.05) is 17.7 Å². The van der Waals surface area contributed by atoms with Gasteiger partial charge in [-0.1, -0.05) is 12.1 Å². The second kappa shape index (κ2) is 6.86. The van der Waals surface area contributed by atoms with Crippen molar-refractivity contribution in [3.05, 3.63) is 64.5 Å². The number of hydrogen-bond acceptors (Lipinski definition) is 3. The number of rotatable bonds is 2. The van der Waals surface area contributed by atoms with Crippen LogP contribution in [0.1, 0.15) is 24.5 Å². The van der Waals surface area contributed by atoms with Crippen LogP contribution in [0.3, 0.4) is 0 Å². The summed E-state index contributed by atoms with van der Waals surface area (Å²) in [5, 5.41) is 6.66. The molecule has 27 heavy (non-hydrogen) atoms. The van der Waals surface area contributed by atoms with Crippen LogP contribution < -0.4 is 10.9 Å². The van der Waals surface area contributed by atoms with E-state index in [0.717, 1.165) is 24.2 Å². The molecule has 4 rings (SSSR count). The summed E-state index contributed by atoms with van der Waals surface area (Å²) in [6, 6.07) is 9.24. The number of benzene rings is 1. The molecule has 0 saturated carbocycles. The number of hydrogen-bond donors (Lipinski definition) is 1. The number of aromatic nitrogens is 3. The highest BCUT2D eigenvalue weighted by Crippen LogP contribution is 2.28. The summed E-state index contributed by atoms with van der Waals surface area (Å²) in [5.74, 6) is -0.273. The van der Waals surface area contributed by atoms with Crippen LogP contribution in [0, 0.1) is 5.82 Å². The van der Waals surface area contributed by atoms with E-state index in [1.54, 1.807) is 29.3 Å². The third-order valence-corrected chi connectivity index (χ3v) is 5.15. The van der Waals surface area contributed by atoms with Crippen LogP contribution in [0.5, 0.6) is 0 Å². The van der Waals surface area contributed by atoms with Crippen LogP contribution in [-0.4, -0.2) is 38.2 Å². The smallest absolute Gasteiger partial charge is 0.321 e. The van der Waals surface area contributed by atoms with Crippen LogP contribution in [0.15, 0.2) is 47.4 Å². The van der Waals surface area contributed by atoms with Gasteiger partial charge in [0, 0.05) is 43.9 Å². The lowest BCUT2D eigenvalue weighted by atomic mass is 9.93. The van der Waals surface area contributed by atoms with Gasteiger partial charge in [0.05, 0.1) is 11.9 Å². The molecule has 1 fully saturated rings. The number of amides is 2. The molecule has 0 radical (unpaired) electrons. The molecule has 0 spiro atoms. The van der Waals surface area contributed by atoms with E-state index in [2.05, 4.69) is 10.4 Å². The average molecular weight is 369 g/mol. The molecule has 0 bridgehead atoms. The second-order valence-electron chi connectivity index (χ2n) is 6.74. The van der Waals surface area contributed by atoms with Gasteiger partial charge in [-0.05, 0) is 25.0 Å². The van der Waals surface area contributed by atoms with E-state index >= 15 is 0 Å². The highest BCUT2D eigenvalue weighted by Gasteiger charge is 2.26. The maximum atomic E-state index is 13.7. The standard InChI is InChI=1S/C19H20FN5O2/c1-23-16(12-18(26)25-17(23)6-9-21-25)13-7-10-24(11-8-13)19(27)22-15-5-3-2-4-14(15)20/h2-6,9,12-13H,7-8,10-11H2,1H3,(H,22,27). The number of fused-ring (bicyclic) bond motifs is 1. The maximum Gasteiger partial charge on any atom is 0.321 e. The molecule has 3 aromatic rings. The molecule has 8 heteroatoms. The number of likely N-dealkylation sites (tertiary alicyclic amines) is 1. The molecule has 2 aromatic heterocycles. The van der Waals surface area contributed by atoms with Gasteiger partial charge in [-0.2, -0.15) is 9.61 Å². The Labute approximate surface area is 155 Å². The number of para-hydroxylation sites is 1. The summed E-state index contributed by atoms with van der Waals surface area (Å²) >= 11 is 0. The average Bonchev–Trinajstić information content (AvgIpc) is 3.17. The molecule has 1 aliphatic rings. The third kappa shape index (κ3) is 3.18. The van der Waals surface area contributed by atoms with Crippen molar-refractivity contribution in [3.8, 4) is 0 Å². The highest BCUT2D eigenvalue weighted by molar-refractivity contribution is 5.89. The molecule has 1 aromatic carbocycles. The lowest BCUT2D eigenvalue weighted by molar-refractivity contribution is 0.193. The fourth-order valence-electron chi connectivity index (χ4n) is 3.66. The topological polar surface area (TPSA) is 71.6 Å². The fraction of sp³-hybridized carbons (Fsp3) is 0.316. The number of nitrogens with zero attached hydrogens (tertiary/aromatic N) is 4. The first kappa shape index (κ1) is 17.3. The van der Waals surface area contributed by atoms with Gasteiger partial charge in [0.1, 0.15) is 11.5 Å². The molecular formula is C19H20FN5O2. The summed E-state index contributed by atoms with van der Waals surface area (Å²) in [6.07, 6.45) is 3.08. The molecule has 0 aliphatic carbocycles. The number of urea groups is 1. The van der Waals surface area contributed by atoms with E-state index < -0.39 is 5.82 Å². The normalized spacial score (nSPS) is 15.3. The minimum atomic E-state index is -0.454. The molecule has 140 valence electrons. The first-order valence-corrected chi connectivity index (χ1v) is 8.89. The van der Waals surface area contributed by atoms with Crippen molar-refractivity contribution in [2.75, 3.05) is 18.4 Å². The van der Waals surface area contributed by atoms with Gasteiger partial charge >= 0.3 is 6.03 Å². The van der Waals surface area contributed by atoms with E-state index in [-0.39, 0.29) is 23.2 Å². The Kier molecular flexibility index (Phi) is 4.39. The first-order chi connectivity index (χ1) is 13.0. The Bertz CT molecular complexity index is 1050. The molecule has 0 atom stereocenters. The number of carbonyl (C=O) groups is 1. The zero-order valence-electron chi connectivity index (χ0n) is 14.9. The van der Waals surface area contributed by atoms with Crippen molar-refractivity contribution < 1.29 is 9.18 Å². The molecule has 1 aliphatic heterocycles. The third-order valence-electron chi connectivity index (χ3n) is 5.15. The summed E-state index contributed by atoms with van der Waals surface area (Å²) in [6.45, 7) is 1.09. The minimum Gasteiger partial charge on any atom is -0.333 e. The lowest BCUT2D eigenvalue weighted by Gasteiger charge is -2.33. The summed E-state index contributed by atoms with van der Waals surface area (Å²) < 4.78 is 17.1. The predicted molar refractivity (Wildman–Crippen MR) is 99.4 cm³/mol. The fourth-order valence-corrected chi connectivity index (χ4v) is 3.66. The Morgan fingerprint density at radius 2 is 1.96 bits per heavy atom. The number of piperidine rings is 1. The summed E-state index contributed by atoms with van der Waals surface area (Å²) in [4.78, 5) is 26.3. The van der Waals surface area contributed by atoms with Crippen LogP contribution in [0.4, 0.5) is 14.9 Å². The number of anilines is 1. The molecule has 1 saturated heterocycles. The Hall–Kier alpha value is -3.16. The number of halogens is 1. The number of carbonyl (C=O) groups excluding carboxylic acids is 1. The van der Waals surface area contributed by atoms with Crippen molar-refractivity contribution in [1.29, 1.82) is 0 Å². The van der Waals surface area contributed by atoms with Crippen molar-refractivity contribution >= 4 is 17.4 Å². The van der Waals surface area contributed by atoms with Gasteiger partial charge in [0.15, 0.2) is 0 Å². The molecule has 1 N–H and O–H groups in total. The molecule has 7 nitrogen and oxygen atoms in total. The summed E-state index contributed by atoms with van der Waals surface area (Å²) in [7, 11) is 1.92. The monoisotopic (exact) mass is 369 g/mol. The Balaban J connectivity index is 1.46. The zero-order valence-corrected chi connectivity index (χ0v) is 14.9. The number of aryl methyl sites for hydroxylation is 1. The summed E-state index contributed by atoms with van der Waals surface area (Å²) in [5.41, 5.74) is 1.72. The van der Waals surface area contributed by atoms with Crippen LogP contribution in [0.2, 0.25) is 0 Å². The van der Waals surface area contributed by atoms with Crippen LogP contribution in [-0.2, 0) is 7.05 Å². The number of nitrogens with one attached hydrogen (secondary N) is 1. The van der Waals surface area contributed by atoms with Gasteiger partial charge in [0.25, 0.3) is 5.56 Å². The van der Waals surface area contributed by atoms with E-state index in [4.69, 9.17) is 0 Å². The Morgan fingerprint density at radius 3 is 2.70 bits per heavy atom. The van der Waals surface area contributed by atoms with Gasteiger partial charge < -0.3 is 14.8 Å².